The zero-order chi connectivity index (χ0) is 16.2. The summed E-state index contributed by atoms with van der Waals surface area (Å²) in [6.45, 7) is 3.50. The van der Waals surface area contributed by atoms with Gasteiger partial charge in [-0.1, -0.05) is 20.3 Å². The fourth-order valence-corrected chi connectivity index (χ4v) is 1.76. The molecule has 0 amide bonds. The molecule has 0 aromatic heterocycles. The fourth-order valence-electron chi connectivity index (χ4n) is 1.76. The van der Waals surface area contributed by atoms with Crippen LogP contribution >= 0.6 is 0 Å². The van der Waals surface area contributed by atoms with Gasteiger partial charge < -0.3 is 10.4 Å². The highest BCUT2D eigenvalue weighted by atomic mass is 16.6. The Bertz CT molecular complexity index is 574. The normalized spacial score (nSPS) is 13.2. The van der Waals surface area contributed by atoms with Crippen LogP contribution in [0, 0.1) is 26.1 Å². The number of benzene rings is 1. The molecule has 0 aliphatic heterocycles. The van der Waals surface area contributed by atoms with Crippen molar-refractivity contribution >= 4 is 23.0 Å². The van der Waals surface area contributed by atoms with Crippen molar-refractivity contribution in [1.82, 2.24) is 0 Å². The van der Waals surface area contributed by atoms with Crippen molar-refractivity contribution < 1.29 is 19.7 Å². The van der Waals surface area contributed by atoms with Gasteiger partial charge in [0.05, 0.1) is 15.9 Å². The molecule has 114 valence electrons. The molecule has 0 heterocycles. The highest BCUT2D eigenvalue weighted by molar-refractivity contribution is 5.79. The summed E-state index contributed by atoms with van der Waals surface area (Å²) >= 11 is 0. The minimum Gasteiger partial charge on any atom is -0.480 e. The van der Waals surface area contributed by atoms with Crippen LogP contribution in [-0.2, 0) is 4.79 Å². The summed E-state index contributed by atoms with van der Waals surface area (Å²) in [7, 11) is 0. The Hall–Kier alpha value is -2.71. The van der Waals surface area contributed by atoms with Crippen molar-refractivity contribution in [2.24, 2.45) is 5.92 Å². The Morgan fingerprint density at radius 1 is 1.33 bits per heavy atom. The van der Waals surface area contributed by atoms with Gasteiger partial charge in [-0.15, -0.1) is 0 Å². The number of hydrogen-bond donors (Lipinski definition) is 2. The third-order valence-corrected chi connectivity index (χ3v) is 3.18. The summed E-state index contributed by atoms with van der Waals surface area (Å²) < 4.78 is 0. The monoisotopic (exact) mass is 297 g/mol. The van der Waals surface area contributed by atoms with E-state index in [0.717, 1.165) is 18.2 Å². The lowest BCUT2D eigenvalue weighted by Crippen LogP contribution is -2.35. The van der Waals surface area contributed by atoms with Crippen molar-refractivity contribution in [2.75, 3.05) is 5.32 Å². The van der Waals surface area contributed by atoms with E-state index in [0.29, 0.717) is 6.42 Å². The number of carboxylic acid groups (broad SMARTS) is 1. The molecule has 1 aromatic rings. The Labute approximate surface area is 119 Å². The van der Waals surface area contributed by atoms with E-state index in [1.807, 2.05) is 0 Å². The van der Waals surface area contributed by atoms with Gasteiger partial charge in [-0.05, 0) is 12.0 Å². The first-order valence-corrected chi connectivity index (χ1v) is 6.20. The number of nitro groups is 2. The van der Waals surface area contributed by atoms with Gasteiger partial charge in [0.1, 0.15) is 11.7 Å². The summed E-state index contributed by atoms with van der Waals surface area (Å²) in [5, 5.41) is 33.4. The van der Waals surface area contributed by atoms with Crippen LogP contribution in [-0.4, -0.2) is 27.0 Å². The van der Waals surface area contributed by atoms with Gasteiger partial charge in [-0.2, -0.15) is 0 Å². The average Bonchev–Trinajstić information content (AvgIpc) is 2.43. The Morgan fingerprint density at radius 2 is 1.95 bits per heavy atom. The molecule has 0 aliphatic rings. The Morgan fingerprint density at radius 3 is 2.38 bits per heavy atom. The third-order valence-electron chi connectivity index (χ3n) is 3.18. The third kappa shape index (κ3) is 3.88. The molecule has 0 saturated heterocycles. The van der Waals surface area contributed by atoms with Crippen LogP contribution in [0.25, 0.3) is 0 Å². The van der Waals surface area contributed by atoms with E-state index in [-0.39, 0.29) is 11.6 Å². The van der Waals surface area contributed by atoms with Gasteiger partial charge in [-0.25, -0.2) is 4.79 Å². The quantitative estimate of drug-likeness (QED) is 0.582. The highest BCUT2D eigenvalue weighted by Gasteiger charge is 2.27. The molecular weight excluding hydrogens is 282 g/mol. The predicted octanol–water partition coefficient (Wildman–Crippen LogP) is 2.41. The molecule has 9 nitrogen and oxygen atoms in total. The second-order valence-electron chi connectivity index (χ2n) is 4.56. The van der Waals surface area contributed by atoms with Crippen molar-refractivity contribution in [1.29, 1.82) is 0 Å². The summed E-state index contributed by atoms with van der Waals surface area (Å²) in [5.41, 5.74) is -1.01. The molecule has 2 N–H and O–H groups in total. The first-order valence-electron chi connectivity index (χ1n) is 6.20. The van der Waals surface area contributed by atoms with Crippen LogP contribution in [0.4, 0.5) is 17.1 Å². The minimum atomic E-state index is -1.14. The molecule has 0 aliphatic carbocycles. The first-order chi connectivity index (χ1) is 9.77. The number of nitro benzene ring substituents is 2. The zero-order valence-electron chi connectivity index (χ0n) is 11.5. The zero-order valence-corrected chi connectivity index (χ0v) is 11.5. The van der Waals surface area contributed by atoms with E-state index in [9.17, 15) is 25.0 Å². The standard InChI is InChI=1S/C12H15N3O6/c1-3-7(2)11(12(16)17)13-9-5-4-8(14(18)19)6-10(9)15(20)21/h4-7,11,13H,3H2,1-2H3,(H,16,17)/t7?,11-/m0/s1. The highest BCUT2D eigenvalue weighted by Crippen LogP contribution is 2.30. The molecule has 0 fully saturated rings. The molecule has 9 heteroatoms. The van der Waals surface area contributed by atoms with Gasteiger partial charge in [0, 0.05) is 6.07 Å². The molecule has 0 spiro atoms. The summed E-state index contributed by atoms with van der Waals surface area (Å²) in [5.74, 6) is -1.41. The molecule has 1 unspecified atom stereocenters. The van der Waals surface area contributed by atoms with Crippen LogP contribution in [0.3, 0.4) is 0 Å². The van der Waals surface area contributed by atoms with E-state index in [1.54, 1.807) is 13.8 Å². The van der Waals surface area contributed by atoms with Crippen LogP contribution in [0.1, 0.15) is 20.3 Å². The number of aliphatic carboxylic acids is 1. The predicted molar refractivity (Wildman–Crippen MR) is 74.3 cm³/mol. The van der Waals surface area contributed by atoms with E-state index in [1.165, 1.54) is 0 Å². The van der Waals surface area contributed by atoms with Gasteiger partial charge in [0.25, 0.3) is 11.4 Å². The lowest BCUT2D eigenvalue weighted by atomic mass is 9.99. The second kappa shape index (κ2) is 6.64. The van der Waals surface area contributed by atoms with E-state index >= 15 is 0 Å². The summed E-state index contributed by atoms with van der Waals surface area (Å²) in [4.78, 5) is 31.3. The van der Waals surface area contributed by atoms with Crippen molar-refractivity contribution in [2.45, 2.75) is 26.3 Å². The minimum absolute atomic E-state index is 0.0571. The maximum Gasteiger partial charge on any atom is 0.326 e. The molecular formula is C12H15N3O6. The van der Waals surface area contributed by atoms with Gasteiger partial charge in [0.15, 0.2) is 0 Å². The maximum absolute atomic E-state index is 11.2. The van der Waals surface area contributed by atoms with Gasteiger partial charge in [0.2, 0.25) is 0 Å². The summed E-state index contributed by atoms with van der Waals surface area (Å²) in [6, 6.07) is 2.02. The number of nitrogens with one attached hydrogen (secondary N) is 1. The second-order valence-corrected chi connectivity index (χ2v) is 4.56. The Kier molecular flexibility index (Phi) is 5.17. The molecule has 2 atom stereocenters. The lowest BCUT2D eigenvalue weighted by Gasteiger charge is -2.21. The van der Waals surface area contributed by atoms with E-state index < -0.39 is 33.2 Å². The van der Waals surface area contributed by atoms with Crippen LogP contribution in [0.2, 0.25) is 0 Å². The lowest BCUT2D eigenvalue weighted by molar-refractivity contribution is -0.393. The van der Waals surface area contributed by atoms with Crippen molar-refractivity contribution in [3.63, 3.8) is 0 Å². The number of carbonyl (C=O) groups is 1. The maximum atomic E-state index is 11.2. The molecule has 21 heavy (non-hydrogen) atoms. The van der Waals surface area contributed by atoms with Gasteiger partial charge >= 0.3 is 5.97 Å². The number of carboxylic acids is 1. The number of anilines is 1. The average molecular weight is 297 g/mol. The van der Waals surface area contributed by atoms with Crippen LogP contribution in [0.5, 0.6) is 0 Å². The Balaban J connectivity index is 3.20. The SMILES string of the molecule is CCC(C)[C@H](Nc1ccc([N+](=O)[O-])cc1[N+](=O)[O-])C(=O)O. The van der Waals surface area contributed by atoms with E-state index in [4.69, 9.17) is 5.11 Å². The van der Waals surface area contributed by atoms with Crippen LogP contribution < -0.4 is 5.32 Å². The number of rotatable bonds is 7. The van der Waals surface area contributed by atoms with E-state index in [2.05, 4.69) is 5.32 Å². The van der Waals surface area contributed by atoms with Gasteiger partial charge in [-0.3, -0.25) is 20.2 Å². The molecule has 0 saturated carbocycles. The smallest absolute Gasteiger partial charge is 0.326 e. The van der Waals surface area contributed by atoms with Crippen molar-refractivity contribution in [3.05, 3.63) is 38.4 Å². The number of nitrogens with zero attached hydrogens (tertiary/aromatic N) is 2. The largest absolute Gasteiger partial charge is 0.480 e. The topological polar surface area (TPSA) is 136 Å². The molecule has 0 radical (unpaired) electrons. The molecule has 0 bridgehead atoms. The molecule has 1 rings (SSSR count). The van der Waals surface area contributed by atoms with Crippen molar-refractivity contribution in [3.8, 4) is 0 Å². The first kappa shape index (κ1) is 16.3. The molecule has 1 aromatic carbocycles. The number of hydrogen-bond acceptors (Lipinski definition) is 6. The van der Waals surface area contributed by atoms with Crippen LogP contribution in [0.15, 0.2) is 18.2 Å². The summed E-state index contributed by atoms with van der Waals surface area (Å²) in [6.07, 6.45) is 0.560. The fraction of sp³-hybridized carbons (Fsp3) is 0.417. The number of non-ortho nitro benzene ring substituents is 1.